The molecule has 0 bridgehead atoms. The first-order valence-electron chi connectivity index (χ1n) is 5.59. The molecule has 2 rings (SSSR count). The average molecular weight is 249 g/mol. The van der Waals surface area contributed by atoms with Crippen LogP contribution in [0.15, 0.2) is 30.5 Å². The zero-order chi connectivity index (χ0) is 13.1. The van der Waals surface area contributed by atoms with E-state index in [1.54, 1.807) is 12.3 Å². The van der Waals surface area contributed by atoms with Crippen molar-refractivity contribution in [3.05, 3.63) is 47.8 Å². The van der Waals surface area contributed by atoms with Crippen LogP contribution in [-0.2, 0) is 6.42 Å². The largest absolute Gasteiger partial charge is 0.328 e. The van der Waals surface area contributed by atoms with Crippen molar-refractivity contribution in [1.29, 1.82) is 0 Å². The summed E-state index contributed by atoms with van der Waals surface area (Å²) in [4.78, 5) is 8.32. The van der Waals surface area contributed by atoms with Crippen LogP contribution in [0.1, 0.15) is 12.6 Å². The number of halogens is 2. The van der Waals surface area contributed by atoms with Crippen LogP contribution in [0.3, 0.4) is 0 Å². The fraction of sp³-hybridized carbons (Fsp3) is 0.231. The van der Waals surface area contributed by atoms with Crippen LogP contribution in [-0.4, -0.2) is 16.0 Å². The van der Waals surface area contributed by atoms with Crippen LogP contribution in [0.5, 0.6) is 0 Å². The third-order valence-electron chi connectivity index (χ3n) is 2.42. The fourth-order valence-corrected chi connectivity index (χ4v) is 1.61. The van der Waals surface area contributed by atoms with Crippen LogP contribution < -0.4 is 5.73 Å². The fourth-order valence-electron chi connectivity index (χ4n) is 1.61. The predicted octanol–water partition coefficient (Wildman–Crippen LogP) is 2.31. The van der Waals surface area contributed by atoms with Crippen LogP contribution in [0, 0.1) is 11.6 Å². The zero-order valence-corrected chi connectivity index (χ0v) is 9.90. The molecular weight excluding hydrogens is 236 g/mol. The monoisotopic (exact) mass is 249 g/mol. The lowest BCUT2D eigenvalue weighted by atomic mass is 10.1. The minimum Gasteiger partial charge on any atom is -0.328 e. The number of hydrogen-bond acceptors (Lipinski definition) is 3. The minimum atomic E-state index is -0.909. The molecule has 3 nitrogen and oxygen atoms in total. The Balaban J connectivity index is 2.35. The Hall–Kier alpha value is -1.88. The van der Waals surface area contributed by atoms with Crippen molar-refractivity contribution in [3.63, 3.8) is 0 Å². The van der Waals surface area contributed by atoms with Gasteiger partial charge in [-0.15, -0.1) is 0 Å². The smallest absolute Gasteiger partial charge is 0.159 e. The minimum absolute atomic E-state index is 0.0160. The third kappa shape index (κ3) is 2.87. The number of nitrogens with two attached hydrogens (primary N) is 1. The predicted molar refractivity (Wildman–Crippen MR) is 64.7 cm³/mol. The van der Waals surface area contributed by atoms with Crippen molar-refractivity contribution in [1.82, 2.24) is 9.97 Å². The van der Waals surface area contributed by atoms with E-state index in [1.165, 1.54) is 6.07 Å². The molecule has 0 amide bonds. The van der Waals surface area contributed by atoms with Crippen molar-refractivity contribution in [3.8, 4) is 11.4 Å². The molecule has 0 aliphatic heterocycles. The van der Waals surface area contributed by atoms with Crippen molar-refractivity contribution < 1.29 is 8.78 Å². The average Bonchev–Trinajstić information content (AvgIpc) is 2.32. The molecule has 1 heterocycles. The van der Waals surface area contributed by atoms with Gasteiger partial charge >= 0.3 is 0 Å². The Labute approximate surface area is 104 Å². The first kappa shape index (κ1) is 12.6. The number of rotatable bonds is 3. The maximum atomic E-state index is 13.1. The summed E-state index contributed by atoms with van der Waals surface area (Å²) in [5.74, 6) is -1.42. The van der Waals surface area contributed by atoms with E-state index < -0.39 is 11.6 Å². The maximum Gasteiger partial charge on any atom is 0.159 e. The van der Waals surface area contributed by atoms with Gasteiger partial charge in [0.05, 0.1) is 0 Å². The highest BCUT2D eigenvalue weighted by molar-refractivity contribution is 5.54. The molecule has 1 unspecified atom stereocenters. The Kier molecular flexibility index (Phi) is 3.62. The van der Waals surface area contributed by atoms with E-state index in [0.29, 0.717) is 17.8 Å². The van der Waals surface area contributed by atoms with Gasteiger partial charge in [0.25, 0.3) is 0 Å². The first-order chi connectivity index (χ1) is 8.56. The van der Waals surface area contributed by atoms with Gasteiger partial charge in [0.15, 0.2) is 17.5 Å². The number of hydrogen-bond donors (Lipinski definition) is 1. The van der Waals surface area contributed by atoms with E-state index >= 15 is 0 Å². The SMILES string of the molecule is CC(N)Cc1ccnc(-c2ccc(F)c(F)c2)n1. The summed E-state index contributed by atoms with van der Waals surface area (Å²) in [6.07, 6.45) is 2.19. The first-order valence-corrected chi connectivity index (χ1v) is 5.59. The molecule has 0 aliphatic carbocycles. The quantitative estimate of drug-likeness (QED) is 0.908. The van der Waals surface area contributed by atoms with Crippen molar-refractivity contribution in [2.45, 2.75) is 19.4 Å². The van der Waals surface area contributed by atoms with Crippen molar-refractivity contribution in [2.75, 3.05) is 0 Å². The molecule has 2 N–H and O–H groups in total. The van der Waals surface area contributed by atoms with Gasteiger partial charge in [0, 0.05) is 29.9 Å². The Morgan fingerprint density at radius 3 is 2.67 bits per heavy atom. The van der Waals surface area contributed by atoms with Crippen LogP contribution >= 0.6 is 0 Å². The molecule has 0 fully saturated rings. The van der Waals surface area contributed by atoms with Crippen LogP contribution in [0.25, 0.3) is 11.4 Å². The second kappa shape index (κ2) is 5.18. The Bertz CT molecular complexity index is 556. The van der Waals surface area contributed by atoms with Gasteiger partial charge in [0.1, 0.15) is 0 Å². The standard InChI is InChI=1S/C13H13F2N3/c1-8(16)6-10-4-5-17-13(18-10)9-2-3-11(14)12(15)7-9/h2-5,7-8H,6,16H2,1H3. The molecule has 0 saturated heterocycles. The Morgan fingerprint density at radius 2 is 2.00 bits per heavy atom. The van der Waals surface area contributed by atoms with Gasteiger partial charge in [-0.1, -0.05) is 0 Å². The molecule has 1 atom stereocenters. The van der Waals surface area contributed by atoms with E-state index in [9.17, 15) is 8.78 Å². The molecule has 1 aromatic heterocycles. The van der Waals surface area contributed by atoms with E-state index in [0.717, 1.165) is 17.8 Å². The molecule has 5 heteroatoms. The molecule has 0 aliphatic rings. The normalized spacial score (nSPS) is 12.4. The van der Waals surface area contributed by atoms with Gasteiger partial charge in [-0.3, -0.25) is 0 Å². The number of aromatic nitrogens is 2. The highest BCUT2D eigenvalue weighted by Crippen LogP contribution is 2.18. The number of benzene rings is 1. The van der Waals surface area contributed by atoms with E-state index in [2.05, 4.69) is 9.97 Å². The molecular formula is C13H13F2N3. The van der Waals surface area contributed by atoms with E-state index in [-0.39, 0.29) is 6.04 Å². The number of nitrogens with zero attached hydrogens (tertiary/aromatic N) is 2. The zero-order valence-electron chi connectivity index (χ0n) is 9.90. The second-order valence-electron chi connectivity index (χ2n) is 4.18. The summed E-state index contributed by atoms with van der Waals surface area (Å²) in [5, 5.41) is 0. The van der Waals surface area contributed by atoms with Crippen LogP contribution in [0.4, 0.5) is 8.78 Å². The second-order valence-corrected chi connectivity index (χ2v) is 4.18. The summed E-state index contributed by atoms with van der Waals surface area (Å²) in [5.41, 5.74) is 6.91. The molecule has 0 saturated carbocycles. The molecule has 94 valence electrons. The van der Waals surface area contributed by atoms with Crippen molar-refractivity contribution >= 4 is 0 Å². The van der Waals surface area contributed by atoms with Crippen molar-refractivity contribution in [2.24, 2.45) is 5.73 Å². The lowest BCUT2D eigenvalue weighted by Gasteiger charge is -2.06. The topological polar surface area (TPSA) is 51.8 Å². The molecule has 0 spiro atoms. The lowest BCUT2D eigenvalue weighted by Crippen LogP contribution is -2.18. The van der Waals surface area contributed by atoms with Gasteiger partial charge < -0.3 is 5.73 Å². The van der Waals surface area contributed by atoms with Gasteiger partial charge in [-0.25, -0.2) is 18.7 Å². The van der Waals surface area contributed by atoms with Gasteiger partial charge in [-0.2, -0.15) is 0 Å². The molecule has 2 aromatic rings. The highest BCUT2D eigenvalue weighted by atomic mass is 19.2. The van der Waals surface area contributed by atoms with E-state index in [1.807, 2.05) is 6.92 Å². The summed E-state index contributed by atoms with van der Waals surface area (Å²) in [6, 6.07) is 5.33. The highest BCUT2D eigenvalue weighted by Gasteiger charge is 2.08. The van der Waals surface area contributed by atoms with Gasteiger partial charge in [-0.05, 0) is 31.2 Å². The summed E-state index contributed by atoms with van der Waals surface area (Å²) < 4.78 is 26.0. The Morgan fingerprint density at radius 1 is 1.22 bits per heavy atom. The summed E-state index contributed by atoms with van der Waals surface area (Å²) in [6.45, 7) is 1.87. The van der Waals surface area contributed by atoms with Gasteiger partial charge in [0.2, 0.25) is 0 Å². The van der Waals surface area contributed by atoms with E-state index in [4.69, 9.17) is 5.73 Å². The maximum absolute atomic E-state index is 13.1. The molecule has 1 aromatic carbocycles. The summed E-state index contributed by atoms with van der Waals surface area (Å²) in [7, 11) is 0. The third-order valence-corrected chi connectivity index (χ3v) is 2.42. The van der Waals surface area contributed by atoms with Crippen LogP contribution in [0.2, 0.25) is 0 Å². The summed E-state index contributed by atoms with van der Waals surface area (Å²) >= 11 is 0. The lowest BCUT2D eigenvalue weighted by molar-refractivity contribution is 0.509. The molecule has 0 radical (unpaired) electrons. The molecule has 18 heavy (non-hydrogen) atoms.